The number of carbonyl (C=O) groups is 1. The quantitative estimate of drug-likeness (QED) is 0.636. The molecule has 1 amide bonds. The molecule has 2 fully saturated rings. The summed E-state index contributed by atoms with van der Waals surface area (Å²) in [6, 6.07) is 11.1. The summed E-state index contributed by atoms with van der Waals surface area (Å²) in [7, 11) is 0. The van der Waals surface area contributed by atoms with Crippen LogP contribution in [0.2, 0.25) is 0 Å². The molecule has 0 bridgehead atoms. The first kappa shape index (κ1) is 20.4. The molecule has 2 atom stereocenters. The molecule has 2 N–H and O–H groups in total. The molecule has 170 valence electrons. The maximum absolute atomic E-state index is 14.0. The van der Waals surface area contributed by atoms with E-state index in [1.807, 2.05) is 4.90 Å². The number of anilines is 1. The molecule has 8 nitrogen and oxygen atoms in total. The maximum atomic E-state index is 14.0. The Labute approximate surface area is 187 Å². The average Bonchev–Trinajstić information content (AvgIpc) is 3.45. The number of benzene rings is 2. The van der Waals surface area contributed by atoms with Gasteiger partial charge in [0.1, 0.15) is 23.5 Å². The number of rotatable bonds is 4. The van der Waals surface area contributed by atoms with Gasteiger partial charge in [0, 0.05) is 27.7 Å². The lowest BCUT2D eigenvalue weighted by atomic mass is 10.1. The number of aromatic nitrogens is 2. The summed E-state index contributed by atoms with van der Waals surface area (Å²) in [5, 5.41) is 13.8. The van der Waals surface area contributed by atoms with E-state index in [1.54, 1.807) is 30.3 Å². The van der Waals surface area contributed by atoms with Crippen molar-refractivity contribution in [3.8, 4) is 17.1 Å². The highest BCUT2D eigenvalue weighted by Crippen LogP contribution is 2.33. The summed E-state index contributed by atoms with van der Waals surface area (Å²) in [5.74, 6) is 0.609. The van der Waals surface area contributed by atoms with Crippen molar-refractivity contribution in [2.45, 2.75) is 25.0 Å². The third kappa shape index (κ3) is 4.16. The minimum atomic E-state index is -0.458. The number of phenols is 1. The molecule has 2 saturated heterocycles. The van der Waals surface area contributed by atoms with Gasteiger partial charge in [-0.25, -0.2) is 19.2 Å². The molecule has 5 rings (SSSR count). The predicted octanol–water partition coefficient (Wildman–Crippen LogP) is 3.73. The molecule has 2 aliphatic heterocycles. The van der Waals surface area contributed by atoms with E-state index in [9.17, 15) is 14.3 Å². The zero-order valence-electron chi connectivity index (χ0n) is 17.3. The fraction of sp³-hybridized carbons (Fsp3) is 0.348. The van der Waals surface area contributed by atoms with E-state index in [4.69, 9.17) is 9.47 Å². The number of amides is 1. The van der Waals surface area contributed by atoms with Gasteiger partial charge in [-0.3, -0.25) is 0 Å². The van der Waals surface area contributed by atoms with Crippen LogP contribution in [0.1, 0.15) is 15.7 Å². The molecule has 32 heavy (non-hydrogen) atoms. The second-order valence-electron chi connectivity index (χ2n) is 8.02. The van der Waals surface area contributed by atoms with Crippen LogP contribution in [0.5, 0.6) is 5.75 Å². The van der Waals surface area contributed by atoms with Gasteiger partial charge in [-0.2, -0.15) is 0 Å². The van der Waals surface area contributed by atoms with Crippen molar-refractivity contribution in [1.29, 1.82) is 0 Å². The van der Waals surface area contributed by atoms with Gasteiger partial charge in [-0.15, -0.1) is 0 Å². The number of halogens is 1. The first-order chi connectivity index (χ1) is 15.6. The molecule has 0 radical (unpaired) electrons. The highest BCUT2D eigenvalue weighted by Gasteiger charge is 2.29. The minimum Gasteiger partial charge on any atom is -0.507 e. The Balaban J connectivity index is 0.00000162. The first-order valence-corrected chi connectivity index (χ1v) is 10.6. The molecule has 1 aromatic heterocycles. The van der Waals surface area contributed by atoms with E-state index >= 15 is 0 Å². The van der Waals surface area contributed by atoms with Crippen LogP contribution in [0.15, 0.2) is 42.5 Å². The second kappa shape index (κ2) is 8.58. The van der Waals surface area contributed by atoms with Gasteiger partial charge >= 0.3 is 6.09 Å². The molecular formula is C23H27FN4O4. The smallest absolute Gasteiger partial charge is 0.407 e. The standard InChI is InChI=1S/C23H23FN4O4.2H2/c24-14-5-6-19-18(11-14)22(27-21(26-19)17-3-1-2-4-20(17)29)28-9-7-15(12-28)25-23(30)32-16-8-10-31-13-16;;/h1-6,11,15-16,29H,7-10,12-13H2,(H,25,30);2*1H/t15-,16-;;/m0../s1. The SMILES string of the molecule is O=C(N[C@H]1CCN(c2nc(-c3ccccc3O)nc3ccc(F)cc23)C1)O[C@H]1CCOC1.[HH].[HH]. The Morgan fingerprint density at radius 3 is 2.94 bits per heavy atom. The van der Waals surface area contributed by atoms with Crippen LogP contribution in [-0.2, 0) is 9.47 Å². The molecule has 0 unspecified atom stereocenters. The van der Waals surface area contributed by atoms with E-state index in [-0.39, 0.29) is 26.6 Å². The number of alkyl carbamates (subject to hydrolysis) is 1. The van der Waals surface area contributed by atoms with E-state index in [0.717, 1.165) is 0 Å². The van der Waals surface area contributed by atoms with Gasteiger partial charge in [-0.05, 0) is 36.8 Å². The molecule has 3 heterocycles. The van der Waals surface area contributed by atoms with Crippen molar-refractivity contribution < 1.29 is 26.6 Å². The lowest BCUT2D eigenvalue weighted by molar-refractivity contribution is 0.0813. The minimum absolute atomic E-state index is 0. The molecule has 0 aliphatic carbocycles. The van der Waals surface area contributed by atoms with Crippen LogP contribution < -0.4 is 10.2 Å². The third-order valence-electron chi connectivity index (χ3n) is 5.75. The van der Waals surface area contributed by atoms with Crippen LogP contribution in [-0.4, -0.2) is 59.6 Å². The first-order valence-electron chi connectivity index (χ1n) is 10.6. The highest BCUT2D eigenvalue weighted by atomic mass is 19.1. The number of aromatic hydroxyl groups is 1. The van der Waals surface area contributed by atoms with E-state index in [2.05, 4.69) is 15.3 Å². The maximum Gasteiger partial charge on any atom is 0.407 e. The second-order valence-corrected chi connectivity index (χ2v) is 8.02. The van der Waals surface area contributed by atoms with Crippen molar-refractivity contribution >= 4 is 22.8 Å². The summed E-state index contributed by atoms with van der Waals surface area (Å²) < 4.78 is 24.7. The Kier molecular flexibility index (Phi) is 5.48. The van der Waals surface area contributed by atoms with Gasteiger partial charge in [0.2, 0.25) is 0 Å². The number of hydrogen-bond acceptors (Lipinski definition) is 7. The fourth-order valence-corrected chi connectivity index (χ4v) is 4.14. The fourth-order valence-electron chi connectivity index (χ4n) is 4.14. The summed E-state index contributed by atoms with van der Waals surface area (Å²) >= 11 is 0. The summed E-state index contributed by atoms with van der Waals surface area (Å²) in [6.07, 6.45) is 0.740. The van der Waals surface area contributed by atoms with Crippen LogP contribution >= 0.6 is 0 Å². The van der Waals surface area contributed by atoms with Crippen molar-refractivity contribution in [1.82, 2.24) is 15.3 Å². The molecule has 2 aliphatic rings. The molecule has 9 heteroatoms. The topological polar surface area (TPSA) is 96.8 Å². The monoisotopic (exact) mass is 442 g/mol. The Morgan fingerprint density at radius 1 is 1.25 bits per heavy atom. The lowest BCUT2D eigenvalue weighted by Crippen LogP contribution is -2.39. The zero-order valence-corrected chi connectivity index (χ0v) is 17.3. The number of carbonyl (C=O) groups excluding carboxylic acids is 1. The Bertz CT molecular complexity index is 1160. The van der Waals surface area contributed by atoms with Crippen molar-refractivity contribution in [2.75, 3.05) is 31.2 Å². The molecule has 3 aromatic rings. The normalized spacial score (nSPS) is 20.6. The lowest BCUT2D eigenvalue weighted by Gasteiger charge is -2.21. The van der Waals surface area contributed by atoms with E-state index < -0.39 is 6.09 Å². The van der Waals surface area contributed by atoms with E-state index in [1.165, 1.54) is 12.1 Å². The number of hydrogen-bond donors (Lipinski definition) is 2. The molecule has 2 aromatic carbocycles. The predicted molar refractivity (Wildman–Crippen MR) is 120 cm³/mol. The van der Waals surface area contributed by atoms with E-state index in [0.29, 0.717) is 67.3 Å². The number of para-hydroxylation sites is 1. The van der Waals surface area contributed by atoms with Gasteiger partial charge in [0.15, 0.2) is 5.82 Å². The van der Waals surface area contributed by atoms with Crippen LogP contribution in [0.4, 0.5) is 15.0 Å². The number of phenolic OH excluding ortho intramolecular Hbond substituents is 1. The van der Waals surface area contributed by atoms with Crippen molar-refractivity contribution in [2.24, 2.45) is 0 Å². The highest BCUT2D eigenvalue weighted by molar-refractivity contribution is 5.91. The zero-order chi connectivity index (χ0) is 22.1. The summed E-state index contributed by atoms with van der Waals surface area (Å²) in [5.41, 5.74) is 1.07. The van der Waals surface area contributed by atoms with Crippen LogP contribution in [0.25, 0.3) is 22.3 Å². The number of nitrogens with zero attached hydrogens (tertiary/aromatic N) is 3. The number of ether oxygens (including phenoxy) is 2. The third-order valence-corrected chi connectivity index (χ3v) is 5.75. The Morgan fingerprint density at radius 2 is 2.12 bits per heavy atom. The largest absolute Gasteiger partial charge is 0.507 e. The van der Waals surface area contributed by atoms with Crippen LogP contribution in [0, 0.1) is 5.82 Å². The van der Waals surface area contributed by atoms with Crippen molar-refractivity contribution in [3.63, 3.8) is 0 Å². The summed E-state index contributed by atoms with van der Waals surface area (Å²) in [4.78, 5) is 23.4. The van der Waals surface area contributed by atoms with Gasteiger partial charge < -0.3 is 24.8 Å². The van der Waals surface area contributed by atoms with Crippen LogP contribution in [0.3, 0.4) is 0 Å². The average molecular weight is 442 g/mol. The Hall–Kier alpha value is -3.46. The molecular weight excluding hydrogens is 415 g/mol. The van der Waals surface area contributed by atoms with Gasteiger partial charge in [0.05, 0.1) is 30.3 Å². The molecule has 0 spiro atoms. The molecule has 0 saturated carbocycles. The number of fused-ring (bicyclic) bond motifs is 1. The van der Waals surface area contributed by atoms with Gasteiger partial charge in [-0.1, -0.05) is 12.1 Å². The number of nitrogens with one attached hydrogen (secondary N) is 1. The van der Waals surface area contributed by atoms with Gasteiger partial charge in [0.25, 0.3) is 0 Å². The van der Waals surface area contributed by atoms with Crippen molar-refractivity contribution in [3.05, 3.63) is 48.3 Å². The summed E-state index contributed by atoms with van der Waals surface area (Å²) in [6.45, 7) is 2.16.